The van der Waals surface area contributed by atoms with Gasteiger partial charge < -0.3 is 19.8 Å². The minimum absolute atomic E-state index is 0.239. The van der Waals surface area contributed by atoms with E-state index >= 15 is 0 Å². The van der Waals surface area contributed by atoms with Gasteiger partial charge in [-0.3, -0.25) is 19.2 Å². The highest BCUT2D eigenvalue weighted by molar-refractivity contribution is 8.00. The summed E-state index contributed by atoms with van der Waals surface area (Å²) in [6, 6.07) is 21.5. The Morgan fingerprint density at radius 1 is 0.976 bits per heavy atom. The number of thioether (sulfide) groups is 1. The Morgan fingerprint density at radius 2 is 1.78 bits per heavy atom. The first-order valence-corrected chi connectivity index (χ1v) is 14.5. The molecule has 208 valence electrons. The van der Waals surface area contributed by atoms with Crippen molar-refractivity contribution in [3.8, 4) is 11.5 Å². The van der Waals surface area contributed by atoms with Gasteiger partial charge in [0.25, 0.3) is 5.91 Å². The van der Waals surface area contributed by atoms with Crippen LogP contribution in [-0.4, -0.2) is 41.7 Å². The maximum Gasteiger partial charge on any atom is 0.305 e. The second-order valence-corrected chi connectivity index (χ2v) is 11.9. The van der Waals surface area contributed by atoms with Crippen molar-refractivity contribution in [1.29, 1.82) is 0 Å². The molecular weight excluding hydrogens is 562 g/mol. The van der Waals surface area contributed by atoms with E-state index in [0.29, 0.717) is 38.3 Å². The average molecular weight is 588 g/mol. The molecule has 2 aliphatic heterocycles. The number of aryl methyl sites for hydroxylation is 1. The number of H-pyrrole nitrogens is 1. The summed E-state index contributed by atoms with van der Waals surface area (Å²) in [5.74, 6) is -1.53. The van der Waals surface area contributed by atoms with Crippen molar-refractivity contribution in [3.63, 3.8) is 0 Å². The molecule has 11 heteroatoms. The number of para-hydroxylation sites is 1. The lowest BCUT2D eigenvalue weighted by molar-refractivity contribution is -0.122. The van der Waals surface area contributed by atoms with E-state index in [-0.39, 0.29) is 29.2 Å². The maximum atomic E-state index is 13.8. The van der Waals surface area contributed by atoms with Crippen LogP contribution in [0.25, 0.3) is 0 Å². The summed E-state index contributed by atoms with van der Waals surface area (Å²) >= 11 is 2.26. The third kappa shape index (κ3) is 5.02. The molecule has 2 N–H and O–H groups in total. The number of benzene rings is 3. The molecule has 9 nitrogen and oxygen atoms in total. The predicted molar refractivity (Wildman–Crippen MR) is 157 cm³/mol. The van der Waals surface area contributed by atoms with E-state index < -0.39 is 17.1 Å². The predicted octanol–water partition coefficient (Wildman–Crippen LogP) is 4.57. The molecule has 3 amide bonds. The number of methoxy groups -OCH3 is 1. The van der Waals surface area contributed by atoms with Crippen LogP contribution >= 0.6 is 23.1 Å². The Bertz CT molecular complexity index is 1720. The maximum absolute atomic E-state index is 13.8. The number of aromatic amines is 1. The molecule has 0 spiro atoms. The SMILES string of the molecule is COc1cc([C@@H]2c3sc(=O)[nH]c3S[C@H]3C(=O)N(c4ccccc4)C(=O)[C@@H]23)ccc1OCC(=O)Nc1cccc(C)c1. The van der Waals surface area contributed by atoms with E-state index in [9.17, 15) is 19.2 Å². The van der Waals surface area contributed by atoms with E-state index in [1.165, 1.54) is 23.8 Å². The first kappa shape index (κ1) is 26.9. The fourth-order valence-electron chi connectivity index (χ4n) is 5.27. The molecule has 3 aromatic carbocycles. The second kappa shape index (κ2) is 10.9. The summed E-state index contributed by atoms with van der Waals surface area (Å²) in [6.45, 7) is 1.70. The Kier molecular flexibility index (Phi) is 7.14. The number of hydrogen-bond donors (Lipinski definition) is 2. The largest absolute Gasteiger partial charge is 0.493 e. The number of carbonyl (C=O) groups excluding carboxylic acids is 3. The smallest absolute Gasteiger partial charge is 0.305 e. The minimum atomic E-state index is -0.719. The fraction of sp³-hybridized carbons (Fsp3) is 0.200. The normalized spacial score (nSPS) is 19.5. The van der Waals surface area contributed by atoms with Crippen LogP contribution in [0.3, 0.4) is 0 Å². The van der Waals surface area contributed by atoms with Gasteiger partial charge in [0, 0.05) is 16.5 Å². The quantitative estimate of drug-likeness (QED) is 0.304. The van der Waals surface area contributed by atoms with Crippen LogP contribution in [0.15, 0.2) is 82.6 Å². The molecule has 2 aliphatic rings. The molecule has 3 heterocycles. The first-order chi connectivity index (χ1) is 19.8. The molecule has 0 radical (unpaired) electrons. The standard InChI is InChI=1S/C30H25N3O6S2/c1-16-7-6-8-18(13-16)31-22(34)15-39-20-12-11-17(14-21(20)38-2)23-24-26(40-27-25(23)41-30(37)32-27)29(36)33(28(24)35)19-9-4-3-5-10-19/h3-14,23-24,26H,15H2,1-2H3,(H,31,34)(H,32,37)/t23-,24-,26+/m0/s1. The fourth-order valence-corrected chi connectivity index (χ4v) is 7.78. The van der Waals surface area contributed by atoms with E-state index in [4.69, 9.17) is 9.47 Å². The van der Waals surface area contributed by atoms with Gasteiger partial charge in [0.2, 0.25) is 11.8 Å². The second-order valence-electron chi connectivity index (χ2n) is 9.71. The van der Waals surface area contributed by atoms with Gasteiger partial charge in [-0.25, -0.2) is 4.90 Å². The van der Waals surface area contributed by atoms with Crippen molar-refractivity contribution >= 4 is 52.2 Å². The van der Waals surface area contributed by atoms with Crippen molar-refractivity contribution < 1.29 is 23.9 Å². The number of aromatic nitrogens is 1. The van der Waals surface area contributed by atoms with Gasteiger partial charge in [-0.1, -0.05) is 59.5 Å². The van der Waals surface area contributed by atoms with Gasteiger partial charge in [0.05, 0.1) is 23.7 Å². The lowest BCUT2D eigenvalue weighted by Gasteiger charge is -2.30. The van der Waals surface area contributed by atoms with Crippen LogP contribution in [0.5, 0.6) is 11.5 Å². The molecular formula is C30H25N3O6S2. The molecule has 0 unspecified atom stereocenters. The molecule has 1 aromatic heterocycles. The number of nitrogens with zero attached hydrogens (tertiary/aromatic N) is 1. The average Bonchev–Trinajstić information content (AvgIpc) is 3.46. The molecule has 41 heavy (non-hydrogen) atoms. The number of nitrogens with one attached hydrogen (secondary N) is 2. The third-order valence-corrected chi connectivity index (χ3v) is 9.45. The Morgan fingerprint density at radius 3 is 2.54 bits per heavy atom. The van der Waals surface area contributed by atoms with Crippen LogP contribution in [0, 0.1) is 12.8 Å². The van der Waals surface area contributed by atoms with Crippen LogP contribution in [0.4, 0.5) is 11.4 Å². The highest BCUT2D eigenvalue weighted by Gasteiger charge is 2.56. The van der Waals surface area contributed by atoms with E-state index in [1.807, 2.05) is 31.2 Å². The molecule has 4 aromatic rings. The van der Waals surface area contributed by atoms with E-state index in [1.54, 1.807) is 48.5 Å². The van der Waals surface area contributed by atoms with Crippen molar-refractivity contribution in [2.75, 3.05) is 23.9 Å². The Labute approximate surface area is 243 Å². The van der Waals surface area contributed by atoms with Crippen LogP contribution < -0.4 is 24.6 Å². The first-order valence-electron chi connectivity index (χ1n) is 12.8. The molecule has 0 aliphatic carbocycles. The summed E-state index contributed by atoms with van der Waals surface area (Å²) in [4.78, 5) is 56.8. The minimum Gasteiger partial charge on any atom is -0.493 e. The molecule has 1 saturated heterocycles. The molecule has 0 bridgehead atoms. The number of amides is 3. The highest BCUT2D eigenvalue weighted by atomic mass is 32.2. The summed E-state index contributed by atoms with van der Waals surface area (Å²) in [6.07, 6.45) is 0. The van der Waals surface area contributed by atoms with Gasteiger partial charge in [-0.05, 0) is 54.4 Å². The number of anilines is 2. The summed E-state index contributed by atoms with van der Waals surface area (Å²) < 4.78 is 11.4. The van der Waals surface area contributed by atoms with Gasteiger partial charge in [0.1, 0.15) is 5.25 Å². The van der Waals surface area contributed by atoms with Crippen LogP contribution in [0.1, 0.15) is 21.9 Å². The van der Waals surface area contributed by atoms with Crippen LogP contribution in [-0.2, 0) is 14.4 Å². The van der Waals surface area contributed by atoms with Gasteiger partial charge in [-0.2, -0.15) is 0 Å². The number of hydrogen-bond acceptors (Lipinski definition) is 8. The third-order valence-electron chi connectivity index (χ3n) is 7.05. The van der Waals surface area contributed by atoms with E-state index in [0.717, 1.165) is 16.9 Å². The summed E-state index contributed by atoms with van der Waals surface area (Å²) in [5, 5.41) is 2.70. The van der Waals surface area contributed by atoms with Crippen molar-refractivity contribution in [1.82, 2.24) is 4.98 Å². The molecule has 1 fully saturated rings. The Hall–Kier alpha value is -4.35. The van der Waals surface area contributed by atoms with Crippen molar-refractivity contribution in [3.05, 3.63) is 98.5 Å². The zero-order valence-electron chi connectivity index (χ0n) is 22.1. The Balaban J connectivity index is 1.30. The number of fused-ring (bicyclic) bond motifs is 2. The lowest BCUT2D eigenvalue weighted by atomic mass is 9.83. The van der Waals surface area contributed by atoms with Gasteiger partial charge >= 0.3 is 4.87 Å². The van der Waals surface area contributed by atoms with Crippen molar-refractivity contribution in [2.24, 2.45) is 5.92 Å². The molecule has 6 rings (SSSR count). The topological polar surface area (TPSA) is 118 Å². The zero-order chi connectivity index (χ0) is 28.7. The van der Waals surface area contributed by atoms with Crippen molar-refractivity contribution in [2.45, 2.75) is 23.1 Å². The molecule has 3 atom stereocenters. The number of carbonyl (C=O) groups is 3. The van der Waals surface area contributed by atoms with Gasteiger partial charge in [-0.15, -0.1) is 0 Å². The summed E-state index contributed by atoms with van der Waals surface area (Å²) in [5.41, 5.74) is 2.90. The van der Waals surface area contributed by atoms with Gasteiger partial charge in [0.15, 0.2) is 18.1 Å². The van der Waals surface area contributed by atoms with E-state index in [2.05, 4.69) is 10.3 Å². The molecule has 0 saturated carbocycles. The number of imide groups is 1. The monoisotopic (exact) mass is 587 g/mol. The number of thiazole rings is 1. The lowest BCUT2D eigenvalue weighted by Crippen LogP contribution is -2.32. The highest BCUT2D eigenvalue weighted by Crippen LogP contribution is 2.53. The van der Waals surface area contributed by atoms with Crippen LogP contribution in [0.2, 0.25) is 0 Å². The zero-order valence-corrected chi connectivity index (χ0v) is 23.7. The summed E-state index contributed by atoms with van der Waals surface area (Å²) in [7, 11) is 1.49. The number of ether oxygens (including phenoxy) is 2. The number of rotatable bonds is 7.